The SMILES string of the molecule is Cc1cc(CC(C)C)cc(Oc2cc(CC(C)C)cc(Oc3cc(CC(C)C)cc([O][Ge][C](C)(C)C)c3)c2)c1. The summed E-state index contributed by atoms with van der Waals surface area (Å²) in [7, 11) is 0. The van der Waals surface area contributed by atoms with Gasteiger partial charge in [0.1, 0.15) is 0 Å². The van der Waals surface area contributed by atoms with Crippen LogP contribution in [0.25, 0.3) is 0 Å². The molecule has 0 aliphatic rings. The van der Waals surface area contributed by atoms with Crippen molar-refractivity contribution in [3.63, 3.8) is 0 Å². The molecule has 0 heterocycles. The van der Waals surface area contributed by atoms with E-state index in [0.717, 1.165) is 48.0 Å². The first-order valence-corrected chi connectivity index (χ1v) is 16.3. The quantitative estimate of drug-likeness (QED) is 0.197. The summed E-state index contributed by atoms with van der Waals surface area (Å²) in [5.74, 6) is 5.87. The molecule has 0 bridgehead atoms. The molecule has 3 nitrogen and oxygen atoms in total. The van der Waals surface area contributed by atoms with Crippen molar-refractivity contribution in [2.24, 2.45) is 17.8 Å². The van der Waals surface area contributed by atoms with Gasteiger partial charge in [-0.05, 0) is 19.3 Å². The predicted octanol–water partition coefficient (Wildman–Crippen LogP) is 10.4. The molecule has 0 atom stereocenters. The molecule has 0 aromatic heterocycles. The van der Waals surface area contributed by atoms with Gasteiger partial charge in [0.05, 0.1) is 0 Å². The molecule has 4 heteroatoms. The molecular formula is C35H48GeO3. The van der Waals surface area contributed by atoms with E-state index in [1.807, 2.05) is 12.1 Å². The summed E-state index contributed by atoms with van der Waals surface area (Å²) in [6, 6.07) is 19.2. The van der Waals surface area contributed by atoms with Crippen molar-refractivity contribution in [3.05, 3.63) is 76.9 Å². The zero-order valence-electron chi connectivity index (χ0n) is 25.8. The Balaban J connectivity index is 1.94. The third-order valence-corrected chi connectivity index (χ3v) is 7.86. The monoisotopic (exact) mass is 590 g/mol. The van der Waals surface area contributed by atoms with E-state index in [9.17, 15) is 0 Å². The Labute approximate surface area is 244 Å². The van der Waals surface area contributed by atoms with Crippen molar-refractivity contribution in [3.8, 4) is 28.7 Å². The normalized spacial score (nSPS) is 11.9. The van der Waals surface area contributed by atoms with Crippen molar-refractivity contribution in [1.29, 1.82) is 0 Å². The Kier molecular flexibility index (Phi) is 11.0. The summed E-state index contributed by atoms with van der Waals surface area (Å²) in [5.41, 5.74) is 4.97. The van der Waals surface area contributed by atoms with Gasteiger partial charge in [-0.3, -0.25) is 0 Å². The van der Waals surface area contributed by atoms with Gasteiger partial charge in [-0.25, -0.2) is 0 Å². The topological polar surface area (TPSA) is 27.7 Å². The van der Waals surface area contributed by atoms with Gasteiger partial charge in [-0.2, -0.15) is 0 Å². The average molecular weight is 589 g/mol. The minimum atomic E-state index is -0.590. The maximum absolute atomic E-state index is 6.53. The van der Waals surface area contributed by atoms with E-state index in [1.165, 1.54) is 22.3 Å². The predicted molar refractivity (Wildman–Crippen MR) is 166 cm³/mol. The van der Waals surface area contributed by atoms with Gasteiger partial charge < -0.3 is 0 Å². The summed E-state index contributed by atoms with van der Waals surface area (Å²) in [4.78, 5) is 0. The summed E-state index contributed by atoms with van der Waals surface area (Å²) < 4.78 is 19.5. The van der Waals surface area contributed by atoms with E-state index in [2.05, 4.69) is 112 Å². The van der Waals surface area contributed by atoms with E-state index in [1.54, 1.807) is 0 Å². The molecule has 0 unspecified atom stereocenters. The molecule has 0 saturated heterocycles. The fraction of sp³-hybridized carbons (Fsp3) is 0.486. The molecule has 0 amide bonds. The minimum absolute atomic E-state index is 0.206. The number of aryl methyl sites for hydroxylation is 1. The van der Waals surface area contributed by atoms with Crippen molar-refractivity contribution in [1.82, 2.24) is 0 Å². The Morgan fingerprint density at radius 1 is 0.538 bits per heavy atom. The fourth-order valence-corrected chi connectivity index (χ4v) is 5.77. The second kappa shape index (κ2) is 13.8. The molecule has 210 valence electrons. The van der Waals surface area contributed by atoms with Crippen LogP contribution in [-0.4, -0.2) is 15.8 Å². The fourth-order valence-electron chi connectivity index (χ4n) is 4.63. The van der Waals surface area contributed by atoms with Crippen molar-refractivity contribution < 1.29 is 13.2 Å². The van der Waals surface area contributed by atoms with Gasteiger partial charge in [-0.1, -0.05) is 19.9 Å². The molecule has 0 aliphatic heterocycles. The summed E-state index contributed by atoms with van der Waals surface area (Å²) >= 11 is -0.590. The van der Waals surface area contributed by atoms with Crippen LogP contribution in [0.5, 0.6) is 28.7 Å². The number of ether oxygens (including phenoxy) is 2. The maximum atomic E-state index is 6.53. The molecule has 0 saturated carbocycles. The van der Waals surface area contributed by atoms with Gasteiger partial charge >= 0.3 is 206 Å². The molecule has 0 spiro atoms. The summed E-state index contributed by atoms with van der Waals surface area (Å²) in [6.45, 7) is 22.3. The van der Waals surface area contributed by atoms with Crippen LogP contribution < -0.4 is 13.2 Å². The zero-order chi connectivity index (χ0) is 28.7. The second-order valence-electron chi connectivity index (χ2n) is 13.2. The van der Waals surface area contributed by atoms with Crippen molar-refractivity contribution >= 4 is 15.8 Å². The third kappa shape index (κ3) is 11.3. The Morgan fingerprint density at radius 2 is 0.897 bits per heavy atom. The van der Waals surface area contributed by atoms with Crippen molar-refractivity contribution in [2.75, 3.05) is 0 Å². The average Bonchev–Trinajstić information content (AvgIpc) is 2.75. The molecule has 0 fully saturated rings. The zero-order valence-corrected chi connectivity index (χ0v) is 27.9. The summed E-state index contributed by atoms with van der Waals surface area (Å²) in [5, 5.41) is 0. The van der Waals surface area contributed by atoms with Crippen LogP contribution in [0.4, 0.5) is 0 Å². The number of hydrogen-bond donors (Lipinski definition) is 0. The molecule has 3 aromatic carbocycles. The summed E-state index contributed by atoms with van der Waals surface area (Å²) in [6.07, 6.45) is 2.98. The van der Waals surface area contributed by atoms with Crippen LogP contribution in [-0.2, 0) is 19.3 Å². The van der Waals surface area contributed by atoms with E-state index >= 15 is 0 Å². The molecular weight excluding hydrogens is 541 g/mol. The first-order chi connectivity index (χ1) is 18.2. The molecule has 2 radical (unpaired) electrons. The van der Waals surface area contributed by atoms with Crippen LogP contribution in [0.2, 0.25) is 4.25 Å². The Hall–Kier alpha value is -2.40. The van der Waals surface area contributed by atoms with Crippen LogP contribution in [0, 0.1) is 24.7 Å². The molecule has 3 rings (SSSR count). The third-order valence-electron chi connectivity index (χ3n) is 5.87. The van der Waals surface area contributed by atoms with Crippen molar-refractivity contribution in [2.45, 2.75) is 92.7 Å². The van der Waals surface area contributed by atoms with Gasteiger partial charge in [0.25, 0.3) is 0 Å². The first-order valence-electron chi connectivity index (χ1n) is 14.4. The first kappa shape index (κ1) is 31.1. The molecule has 3 aromatic rings. The van der Waals surface area contributed by atoms with E-state index < -0.39 is 15.8 Å². The Bertz CT molecular complexity index is 1220. The Morgan fingerprint density at radius 3 is 1.31 bits per heavy atom. The standard InChI is InChI=1S/C35H48GeO3/c1-23(2)11-27-14-26(7)15-30(16-27)37-31-17-28(12-24(3)4)18-32(21-31)38-33-19-29(13-25(5)6)20-34(22-33)39-36-35(8,9)10/h14-25H,11-13H2,1-10H3. The molecule has 39 heavy (non-hydrogen) atoms. The van der Waals surface area contributed by atoms with Gasteiger partial charge in [0, 0.05) is 0 Å². The molecule has 0 aliphatic carbocycles. The number of hydrogen-bond acceptors (Lipinski definition) is 3. The van der Waals surface area contributed by atoms with Gasteiger partial charge in [0.15, 0.2) is 0 Å². The van der Waals surface area contributed by atoms with Crippen LogP contribution >= 0.6 is 0 Å². The second-order valence-corrected chi connectivity index (χ2v) is 17.2. The van der Waals surface area contributed by atoms with E-state index in [4.69, 9.17) is 13.2 Å². The van der Waals surface area contributed by atoms with Gasteiger partial charge in [0.2, 0.25) is 0 Å². The number of benzene rings is 3. The van der Waals surface area contributed by atoms with Crippen LogP contribution in [0.15, 0.2) is 54.6 Å². The van der Waals surface area contributed by atoms with Crippen LogP contribution in [0.1, 0.15) is 84.6 Å². The van der Waals surface area contributed by atoms with Crippen LogP contribution in [0.3, 0.4) is 0 Å². The molecule has 0 N–H and O–H groups in total. The van der Waals surface area contributed by atoms with Gasteiger partial charge in [-0.15, -0.1) is 0 Å². The van der Waals surface area contributed by atoms with E-state index in [0.29, 0.717) is 17.8 Å². The number of rotatable bonds is 12. The van der Waals surface area contributed by atoms with E-state index in [-0.39, 0.29) is 4.25 Å².